The Labute approximate surface area is 119 Å². The van der Waals surface area contributed by atoms with Crippen LogP contribution in [-0.4, -0.2) is 23.9 Å². The first-order chi connectivity index (χ1) is 9.83. The standard InChI is InChI=1S/C17H20N2O/c1-2-19(15-8-4-5-9-15)17-14(12-20)11-13-7-3-6-10-16(13)18-17/h3,6-7,10-12,15H,2,4-5,8-9H2,1H3. The minimum Gasteiger partial charge on any atom is -0.353 e. The summed E-state index contributed by atoms with van der Waals surface area (Å²) in [5, 5.41) is 1.03. The van der Waals surface area contributed by atoms with E-state index in [2.05, 4.69) is 11.8 Å². The van der Waals surface area contributed by atoms with Crippen molar-refractivity contribution in [2.45, 2.75) is 38.6 Å². The molecule has 1 aromatic carbocycles. The summed E-state index contributed by atoms with van der Waals surface area (Å²) >= 11 is 0. The maximum atomic E-state index is 11.4. The fourth-order valence-corrected chi connectivity index (χ4v) is 3.24. The van der Waals surface area contributed by atoms with Crippen LogP contribution in [0.1, 0.15) is 43.0 Å². The zero-order chi connectivity index (χ0) is 13.9. The topological polar surface area (TPSA) is 33.2 Å². The van der Waals surface area contributed by atoms with Gasteiger partial charge in [0.15, 0.2) is 6.29 Å². The molecular formula is C17H20N2O. The molecule has 1 heterocycles. The predicted octanol–water partition coefficient (Wildman–Crippen LogP) is 3.82. The summed E-state index contributed by atoms with van der Waals surface area (Å²) in [5.74, 6) is 0.855. The van der Waals surface area contributed by atoms with Gasteiger partial charge < -0.3 is 4.90 Å². The second-order valence-corrected chi connectivity index (χ2v) is 5.44. The van der Waals surface area contributed by atoms with Crippen molar-refractivity contribution < 1.29 is 4.79 Å². The molecular weight excluding hydrogens is 248 g/mol. The van der Waals surface area contributed by atoms with Crippen LogP contribution in [0.25, 0.3) is 10.9 Å². The third-order valence-electron chi connectivity index (χ3n) is 4.24. The summed E-state index contributed by atoms with van der Waals surface area (Å²) in [6.07, 6.45) is 5.92. The summed E-state index contributed by atoms with van der Waals surface area (Å²) in [4.78, 5) is 18.5. The molecule has 0 radical (unpaired) electrons. The van der Waals surface area contributed by atoms with E-state index in [1.54, 1.807) is 0 Å². The second kappa shape index (κ2) is 5.61. The quantitative estimate of drug-likeness (QED) is 0.790. The molecule has 1 aliphatic rings. The van der Waals surface area contributed by atoms with E-state index in [0.29, 0.717) is 11.6 Å². The Balaban J connectivity index is 2.09. The Morgan fingerprint density at radius 1 is 1.30 bits per heavy atom. The number of hydrogen-bond acceptors (Lipinski definition) is 3. The largest absolute Gasteiger partial charge is 0.353 e. The summed E-state index contributed by atoms with van der Waals surface area (Å²) < 4.78 is 0. The predicted molar refractivity (Wildman–Crippen MR) is 82.4 cm³/mol. The van der Waals surface area contributed by atoms with Crippen molar-refractivity contribution in [2.24, 2.45) is 0 Å². The monoisotopic (exact) mass is 268 g/mol. The first-order valence-corrected chi connectivity index (χ1v) is 7.45. The molecule has 0 spiro atoms. The van der Waals surface area contributed by atoms with Gasteiger partial charge in [-0.05, 0) is 31.9 Å². The number of pyridine rings is 1. The van der Waals surface area contributed by atoms with Crippen molar-refractivity contribution in [3.63, 3.8) is 0 Å². The minimum atomic E-state index is 0.535. The first kappa shape index (κ1) is 13.1. The molecule has 0 amide bonds. The van der Waals surface area contributed by atoms with E-state index in [1.807, 2.05) is 30.3 Å². The van der Waals surface area contributed by atoms with Crippen molar-refractivity contribution in [3.05, 3.63) is 35.9 Å². The summed E-state index contributed by atoms with van der Waals surface area (Å²) in [5.41, 5.74) is 1.67. The van der Waals surface area contributed by atoms with E-state index >= 15 is 0 Å². The average Bonchev–Trinajstić information content (AvgIpc) is 3.01. The highest BCUT2D eigenvalue weighted by molar-refractivity contribution is 5.91. The molecule has 1 aromatic heterocycles. The lowest BCUT2D eigenvalue weighted by atomic mass is 10.1. The molecule has 20 heavy (non-hydrogen) atoms. The lowest BCUT2D eigenvalue weighted by molar-refractivity contribution is 0.112. The number of fused-ring (bicyclic) bond motifs is 1. The van der Waals surface area contributed by atoms with Crippen LogP contribution in [0.2, 0.25) is 0 Å². The van der Waals surface area contributed by atoms with E-state index < -0.39 is 0 Å². The molecule has 104 valence electrons. The van der Waals surface area contributed by atoms with Crippen LogP contribution in [0.5, 0.6) is 0 Å². The van der Waals surface area contributed by atoms with Crippen LogP contribution < -0.4 is 4.90 Å². The number of para-hydroxylation sites is 1. The Bertz CT molecular complexity index is 617. The van der Waals surface area contributed by atoms with Gasteiger partial charge in [-0.15, -0.1) is 0 Å². The van der Waals surface area contributed by atoms with Gasteiger partial charge >= 0.3 is 0 Å². The molecule has 0 unspecified atom stereocenters. The molecule has 2 aromatic rings. The van der Waals surface area contributed by atoms with Gasteiger partial charge in [-0.25, -0.2) is 4.98 Å². The third-order valence-corrected chi connectivity index (χ3v) is 4.24. The second-order valence-electron chi connectivity index (χ2n) is 5.44. The fourth-order valence-electron chi connectivity index (χ4n) is 3.24. The van der Waals surface area contributed by atoms with Gasteiger partial charge in [0.05, 0.1) is 11.1 Å². The number of aromatic nitrogens is 1. The van der Waals surface area contributed by atoms with Gasteiger partial charge in [0.1, 0.15) is 5.82 Å². The number of carbonyl (C=O) groups is 1. The number of benzene rings is 1. The zero-order valence-corrected chi connectivity index (χ0v) is 11.9. The van der Waals surface area contributed by atoms with Crippen LogP contribution in [0.3, 0.4) is 0 Å². The number of nitrogens with zero attached hydrogens (tertiary/aromatic N) is 2. The Morgan fingerprint density at radius 2 is 2.05 bits per heavy atom. The van der Waals surface area contributed by atoms with Gasteiger partial charge in [-0.2, -0.15) is 0 Å². The molecule has 3 nitrogen and oxygen atoms in total. The highest BCUT2D eigenvalue weighted by Gasteiger charge is 2.24. The van der Waals surface area contributed by atoms with Crippen LogP contribution in [0.15, 0.2) is 30.3 Å². The maximum Gasteiger partial charge on any atom is 0.153 e. The third kappa shape index (κ3) is 2.28. The molecule has 3 rings (SSSR count). The number of aldehydes is 1. The van der Waals surface area contributed by atoms with E-state index in [-0.39, 0.29) is 0 Å². The molecule has 0 bridgehead atoms. The van der Waals surface area contributed by atoms with Crippen molar-refractivity contribution in [1.82, 2.24) is 4.98 Å². The van der Waals surface area contributed by atoms with E-state index in [0.717, 1.165) is 29.6 Å². The van der Waals surface area contributed by atoms with Crippen LogP contribution in [0, 0.1) is 0 Å². The van der Waals surface area contributed by atoms with Gasteiger partial charge in [0.2, 0.25) is 0 Å². The van der Waals surface area contributed by atoms with Crippen molar-refractivity contribution >= 4 is 23.0 Å². The summed E-state index contributed by atoms with van der Waals surface area (Å²) in [6, 6.07) is 10.5. The Kier molecular flexibility index (Phi) is 3.68. The van der Waals surface area contributed by atoms with E-state index in [1.165, 1.54) is 25.7 Å². The number of rotatable bonds is 4. The van der Waals surface area contributed by atoms with Crippen molar-refractivity contribution in [3.8, 4) is 0 Å². The molecule has 0 aliphatic heterocycles. The normalized spacial score (nSPS) is 15.7. The molecule has 0 saturated heterocycles. The molecule has 1 saturated carbocycles. The number of carbonyl (C=O) groups excluding carboxylic acids is 1. The smallest absolute Gasteiger partial charge is 0.153 e. The highest BCUT2D eigenvalue weighted by Crippen LogP contribution is 2.30. The number of anilines is 1. The SMILES string of the molecule is CCN(c1nc2ccccc2cc1C=O)C1CCCC1. The average molecular weight is 268 g/mol. The lowest BCUT2D eigenvalue weighted by Gasteiger charge is -2.30. The molecule has 0 atom stereocenters. The van der Waals surface area contributed by atoms with E-state index in [9.17, 15) is 4.79 Å². The zero-order valence-electron chi connectivity index (χ0n) is 11.9. The van der Waals surface area contributed by atoms with Gasteiger partial charge in [0.25, 0.3) is 0 Å². The Hall–Kier alpha value is -1.90. The van der Waals surface area contributed by atoms with Crippen molar-refractivity contribution in [1.29, 1.82) is 0 Å². The first-order valence-electron chi connectivity index (χ1n) is 7.45. The Morgan fingerprint density at radius 3 is 2.75 bits per heavy atom. The molecule has 3 heteroatoms. The maximum absolute atomic E-state index is 11.4. The van der Waals surface area contributed by atoms with Gasteiger partial charge in [-0.3, -0.25) is 4.79 Å². The highest BCUT2D eigenvalue weighted by atomic mass is 16.1. The van der Waals surface area contributed by atoms with Gasteiger partial charge in [-0.1, -0.05) is 31.0 Å². The summed E-state index contributed by atoms with van der Waals surface area (Å²) in [6.45, 7) is 3.04. The van der Waals surface area contributed by atoms with Crippen molar-refractivity contribution in [2.75, 3.05) is 11.4 Å². The van der Waals surface area contributed by atoms with Crippen LogP contribution >= 0.6 is 0 Å². The van der Waals surface area contributed by atoms with Crippen LogP contribution in [0.4, 0.5) is 5.82 Å². The number of hydrogen-bond donors (Lipinski definition) is 0. The molecule has 0 N–H and O–H groups in total. The molecule has 1 aliphatic carbocycles. The fraction of sp³-hybridized carbons (Fsp3) is 0.412. The molecule has 1 fully saturated rings. The van der Waals surface area contributed by atoms with Gasteiger partial charge in [0, 0.05) is 18.0 Å². The summed E-state index contributed by atoms with van der Waals surface area (Å²) in [7, 11) is 0. The van der Waals surface area contributed by atoms with E-state index in [4.69, 9.17) is 4.98 Å². The lowest BCUT2D eigenvalue weighted by Crippen LogP contribution is -2.34. The minimum absolute atomic E-state index is 0.535. The van der Waals surface area contributed by atoms with Crippen LogP contribution in [-0.2, 0) is 0 Å².